The molecule has 20 heavy (non-hydrogen) atoms. The molecule has 3 aromatic rings. The first kappa shape index (κ1) is 12.8. The van der Waals surface area contributed by atoms with Crippen LogP contribution in [0.25, 0.3) is 16.0 Å². The van der Waals surface area contributed by atoms with E-state index in [2.05, 4.69) is 10.1 Å². The van der Waals surface area contributed by atoms with Gasteiger partial charge in [0, 0.05) is 11.6 Å². The van der Waals surface area contributed by atoms with Gasteiger partial charge in [-0.25, -0.2) is 14.5 Å². The first-order chi connectivity index (χ1) is 9.60. The normalized spacial score (nSPS) is 11.1. The molecular weight excluding hydrogens is 274 g/mol. The zero-order valence-electron chi connectivity index (χ0n) is 11.1. The van der Waals surface area contributed by atoms with Crippen LogP contribution in [0.3, 0.4) is 0 Å². The van der Waals surface area contributed by atoms with Crippen LogP contribution < -0.4 is 0 Å². The third kappa shape index (κ3) is 1.98. The highest BCUT2D eigenvalue weighted by molar-refractivity contribution is 7.20. The van der Waals surface area contributed by atoms with E-state index in [0.29, 0.717) is 10.7 Å². The van der Waals surface area contributed by atoms with E-state index in [1.165, 1.54) is 11.3 Å². The van der Waals surface area contributed by atoms with Crippen molar-refractivity contribution >= 4 is 27.5 Å². The van der Waals surface area contributed by atoms with E-state index in [4.69, 9.17) is 5.11 Å². The van der Waals surface area contributed by atoms with Crippen molar-refractivity contribution in [3.63, 3.8) is 0 Å². The molecule has 1 N–H and O–H groups in total. The van der Waals surface area contributed by atoms with Crippen molar-refractivity contribution in [1.82, 2.24) is 14.8 Å². The molecule has 6 heteroatoms. The fourth-order valence-electron chi connectivity index (χ4n) is 2.12. The van der Waals surface area contributed by atoms with E-state index >= 15 is 0 Å². The quantitative estimate of drug-likeness (QED) is 0.804. The van der Waals surface area contributed by atoms with Crippen molar-refractivity contribution in [2.45, 2.75) is 20.3 Å². The number of carboxylic acid groups (broad SMARTS) is 1. The average Bonchev–Trinajstić information content (AvgIpc) is 2.96. The number of rotatable bonds is 3. The summed E-state index contributed by atoms with van der Waals surface area (Å²) in [5, 5.41) is 14.6. The Balaban J connectivity index is 2.27. The summed E-state index contributed by atoms with van der Waals surface area (Å²) >= 11 is 1.23. The molecule has 0 spiro atoms. The summed E-state index contributed by atoms with van der Waals surface area (Å²) in [4.78, 5) is 16.6. The maximum absolute atomic E-state index is 11.1. The number of carbonyl (C=O) groups is 1. The first-order valence-corrected chi connectivity index (χ1v) is 7.09. The summed E-state index contributed by atoms with van der Waals surface area (Å²) in [7, 11) is 0. The van der Waals surface area contributed by atoms with E-state index in [1.54, 1.807) is 16.9 Å². The predicted molar refractivity (Wildman–Crippen MR) is 77.8 cm³/mol. The van der Waals surface area contributed by atoms with Gasteiger partial charge in [0.25, 0.3) is 0 Å². The summed E-state index contributed by atoms with van der Waals surface area (Å²) in [6, 6.07) is 5.55. The lowest BCUT2D eigenvalue weighted by molar-refractivity contribution is 0.0702. The van der Waals surface area contributed by atoms with E-state index < -0.39 is 5.97 Å². The standard InChI is InChI=1S/C14H13N3O2S/c1-3-10-9-7-11(14(18)19)20-13(9)17(16-10)12-6-8(2)4-5-15-12/h4-7H,3H2,1-2H3,(H,18,19). The molecule has 0 saturated heterocycles. The molecule has 3 aromatic heterocycles. The lowest BCUT2D eigenvalue weighted by Crippen LogP contribution is -2.00. The number of hydrogen-bond donors (Lipinski definition) is 1. The van der Waals surface area contributed by atoms with Gasteiger partial charge in [0.1, 0.15) is 9.71 Å². The highest BCUT2D eigenvalue weighted by atomic mass is 32.1. The lowest BCUT2D eigenvalue weighted by Gasteiger charge is -2.01. The summed E-state index contributed by atoms with van der Waals surface area (Å²) in [5.74, 6) is -0.189. The van der Waals surface area contributed by atoms with E-state index in [9.17, 15) is 4.79 Å². The van der Waals surface area contributed by atoms with Crippen molar-refractivity contribution in [1.29, 1.82) is 0 Å². The van der Waals surface area contributed by atoms with Gasteiger partial charge in [-0.3, -0.25) is 0 Å². The molecule has 0 amide bonds. The topological polar surface area (TPSA) is 68.0 Å². The van der Waals surface area contributed by atoms with Crippen LogP contribution in [0.4, 0.5) is 0 Å². The number of aryl methyl sites for hydroxylation is 2. The number of nitrogens with zero attached hydrogens (tertiary/aromatic N) is 3. The van der Waals surface area contributed by atoms with Crippen LogP contribution in [0.1, 0.15) is 27.9 Å². The van der Waals surface area contributed by atoms with Gasteiger partial charge in [-0.05, 0) is 37.1 Å². The molecule has 0 aromatic carbocycles. The van der Waals surface area contributed by atoms with Crippen LogP contribution in [0.2, 0.25) is 0 Å². The minimum absolute atomic E-state index is 0.327. The molecule has 0 unspecified atom stereocenters. The molecule has 0 aliphatic carbocycles. The number of fused-ring (bicyclic) bond motifs is 1. The van der Waals surface area contributed by atoms with Gasteiger partial charge in [0.2, 0.25) is 0 Å². The highest BCUT2D eigenvalue weighted by Gasteiger charge is 2.18. The molecule has 3 heterocycles. The van der Waals surface area contributed by atoms with Crippen LogP contribution in [0.15, 0.2) is 24.4 Å². The van der Waals surface area contributed by atoms with Crippen molar-refractivity contribution in [3.8, 4) is 5.82 Å². The minimum Gasteiger partial charge on any atom is -0.477 e. The largest absolute Gasteiger partial charge is 0.477 e. The number of hydrogen-bond acceptors (Lipinski definition) is 4. The van der Waals surface area contributed by atoms with Gasteiger partial charge in [-0.15, -0.1) is 11.3 Å². The van der Waals surface area contributed by atoms with Gasteiger partial charge < -0.3 is 5.11 Å². The first-order valence-electron chi connectivity index (χ1n) is 6.28. The second-order valence-electron chi connectivity index (χ2n) is 4.54. The molecule has 0 saturated carbocycles. The van der Waals surface area contributed by atoms with Crippen LogP contribution in [0.5, 0.6) is 0 Å². The molecule has 3 rings (SSSR count). The van der Waals surface area contributed by atoms with E-state index in [-0.39, 0.29) is 0 Å². The lowest BCUT2D eigenvalue weighted by atomic mass is 10.2. The number of thiophene rings is 1. The molecule has 5 nitrogen and oxygen atoms in total. The number of aromatic carboxylic acids is 1. The Kier molecular flexibility index (Phi) is 3.02. The van der Waals surface area contributed by atoms with Crippen molar-refractivity contribution in [3.05, 3.63) is 40.5 Å². The monoisotopic (exact) mass is 287 g/mol. The fourth-order valence-corrected chi connectivity index (χ4v) is 3.10. The van der Waals surface area contributed by atoms with Gasteiger partial charge in [-0.1, -0.05) is 6.92 Å². The van der Waals surface area contributed by atoms with Crippen LogP contribution in [-0.4, -0.2) is 25.8 Å². The number of aromatic nitrogens is 3. The van der Waals surface area contributed by atoms with Gasteiger partial charge in [0.05, 0.1) is 5.69 Å². The summed E-state index contributed by atoms with van der Waals surface area (Å²) in [6.45, 7) is 4.00. The average molecular weight is 287 g/mol. The second kappa shape index (κ2) is 4.72. The number of carboxylic acids is 1. The molecule has 0 aliphatic heterocycles. The molecular formula is C14H13N3O2S. The SMILES string of the molecule is CCc1nn(-c2cc(C)ccn2)c2sc(C(=O)O)cc12. The Morgan fingerprint density at radius 3 is 2.90 bits per heavy atom. The molecule has 0 fully saturated rings. The Hall–Kier alpha value is -2.21. The van der Waals surface area contributed by atoms with Gasteiger partial charge >= 0.3 is 5.97 Å². The van der Waals surface area contributed by atoms with Crippen molar-refractivity contribution < 1.29 is 9.90 Å². The summed E-state index contributed by atoms with van der Waals surface area (Å²) < 4.78 is 1.73. The van der Waals surface area contributed by atoms with Gasteiger partial charge in [0.15, 0.2) is 5.82 Å². The Labute approximate surface area is 119 Å². The predicted octanol–water partition coefficient (Wildman–Crippen LogP) is 3.05. The molecule has 0 bridgehead atoms. The highest BCUT2D eigenvalue weighted by Crippen LogP contribution is 2.30. The molecule has 0 atom stereocenters. The van der Waals surface area contributed by atoms with E-state index in [0.717, 1.165) is 27.9 Å². The Morgan fingerprint density at radius 2 is 2.25 bits per heavy atom. The fraction of sp³-hybridized carbons (Fsp3) is 0.214. The maximum atomic E-state index is 11.1. The van der Waals surface area contributed by atoms with E-state index in [1.807, 2.05) is 26.0 Å². The zero-order chi connectivity index (χ0) is 14.3. The van der Waals surface area contributed by atoms with Gasteiger partial charge in [-0.2, -0.15) is 5.10 Å². The van der Waals surface area contributed by atoms with Crippen LogP contribution in [-0.2, 0) is 6.42 Å². The molecule has 0 aliphatic rings. The minimum atomic E-state index is -0.906. The Morgan fingerprint density at radius 1 is 1.45 bits per heavy atom. The number of pyridine rings is 1. The third-order valence-electron chi connectivity index (χ3n) is 3.10. The zero-order valence-corrected chi connectivity index (χ0v) is 11.9. The maximum Gasteiger partial charge on any atom is 0.345 e. The smallest absolute Gasteiger partial charge is 0.345 e. The van der Waals surface area contributed by atoms with Crippen molar-refractivity contribution in [2.75, 3.05) is 0 Å². The summed E-state index contributed by atoms with van der Waals surface area (Å²) in [5.41, 5.74) is 1.98. The Bertz CT molecular complexity index is 804. The summed E-state index contributed by atoms with van der Waals surface area (Å²) in [6.07, 6.45) is 2.49. The second-order valence-corrected chi connectivity index (χ2v) is 5.57. The molecule has 0 radical (unpaired) electrons. The third-order valence-corrected chi connectivity index (χ3v) is 4.20. The molecule has 102 valence electrons. The van der Waals surface area contributed by atoms with Crippen LogP contribution in [0, 0.1) is 6.92 Å². The van der Waals surface area contributed by atoms with Crippen LogP contribution >= 0.6 is 11.3 Å². The van der Waals surface area contributed by atoms with Crippen molar-refractivity contribution in [2.24, 2.45) is 0 Å².